The zero-order chi connectivity index (χ0) is 15.5. The molecule has 1 saturated heterocycles. The molecule has 1 N–H and O–H groups in total. The summed E-state index contributed by atoms with van der Waals surface area (Å²) in [5, 5.41) is 4.28. The van der Waals surface area contributed by atoms with Crippen molar-refractivity contribution in [3.8, 4) is 0 Å². The van der Waals surface area contributed by atoms with E-state index in [1.165, 1.54) is 11.1 Å². The summed E-state index contributed by atoms with van der Waals surface area (Å²) in [7, 11) is -3.03. The molecule has 0 unspecified atom stereocenters. The first-order chi connectivity index (χ1) is 9.92. The average molecular weight is 331 g/mol. The monoisotopic (exact) mass is 330 g/mol. The van der Waals surface area contributed by atoms with Gasteiger partial charge in [-0.05, 0) is 49.9 Å². The Morgan fingerprint density at radius 1 is 1.33 bits per heavy atom. The summed E-state index contributed by atoms with van der Waals surface area (Å²) >= 11 is 5.96. The van der Waals surface area contributed by atoms with Crippen LogP contribution >= 0.6 is 11.6 Å². The predicted octanol–water partition coefficient (Wildman–Crippen LogP) is 2.55. The van der Waals surface area contributed by atoms with Gasteiger partial charge in [0, 0.05) is 30.7 Å². The van der Waals surface area contributed by atoms with Crippen molar-refractivity contribution in [1.29, 1.82) is 0 Å². The summed E-state index contributed by atoms with van der Waals surface area (Å²) in [6.45, 7) is 5.79. The lowest BCUT2D eigenvalue weighted by Crippen LogP contribution is -2.45. The molecular formula is C15H23ClN2O2S. The van der Waals surface area contributed by atoms with Crippen LogP contribution in [0.2, 0.25) is 5.02 Å². The van der Waals surface area contributed by atoms with E-state index in [2.05, 4.69) is 12.2 Å². The van der Waals surface area contributed by atoms with Crippen LogP contribution < -0.4 is 5.32 Å². The van der Waals surface area contributed by atoms with Crippen molar-refractivity contribution in [1.82, 2.24) is 9.62 Å². The number of rotatable bonds is 5. The van der Waals surface area contributed by atoms with E-state index >= 15 is 0 Å². The van der Waals surface area contributed by atoms with Crippen molar-refractivity contribution in [3.05, 3.63) is 34.3 Å². The second-order valence-electron chi connectivity index (χ2n) is 5.53. The number of halogens is 1. The molecule has 4 nitrogen and oxygen atoms in total. The summed E-state index contributed by atoms with van der Waals surface area (Å²) < 4.78 is 25.2. The molecule has 21 heavy (non-hydrogen) atoms. The molecule has 1 fully saturated rings. The van der Waals surface area contributed by atoms with E-state index in [-0.39, 0.29) is 5.75 Å². The van der Waals surface area contributed by atoms with E-state index in [1.54, 1.807) is 11.2 Å². The lowest BCUT2D eigenvalue weighted by molar-refractivity contribution is 0.289. The van der Waals surface area contributed by atoms with Gasteiger partial charge in [0.1, 0.15) is 0 Å². The van der Waals surface area contributed by atoms with Crippen molar-refractivity contribution in [2.24, 2.45) is 0 Å². The molecule has 1 heterocycles. The van der Waals surface area contributed by atoms with Gasteiger partial charge in [-0.25, -0.2) is 12.7 Å². The van der Waals surface area contributed by atoms with Crippen LogP contribution in [0.1, 0.15) is 30.9 Å². The molecular weight excluding hydrogens is 308 g/mol. The Bertz CT molecular complexity index is 581. The zero-order valence-electron chi connectivity index (χ0n) is 12.6. The van der Waals surface area contributed by atoms with Gasteiger partial charge in [0.05, 0.1) is 5.75 Å². The van der Waals surface area contributed by atoms with Gasteiger partial charge in [0.25, 0.3) is 0 Å². The van der Waals surface area contributed by atoms with Gasteiger partial charge in [-0.3, -0.25) is 0 Å². The predicted molar refractivity (Wildman–Crippen MR) is 87.1 cm³/mol. The number of hydrogen-bond acceptors (Lipinski definition) is 3. The van der Waals surface area contributed by atoms with E-state index in [4.69, 9.17) is 11.6 Å². The summed E-state index contributed by atoms with van der Waals surface area (Å²) in [5.74, 6) is 0.190. The first kappa shape index (κ1) is 16.7. The molecule has 6 heteroatoms. The molecule has 1 aromatic rings. The molecule has 0 radical (unpaired) electrons. The Kier molecular flexibility index (Phi) is 5.66. The van der Waals surface area contributed by atoms with E-state index in [9.17, 15) is 8.42 Å². The molecule has 118 valence electrons. The van der Waals surface area contributed by atoms with Crippen molar-refractivity contribution >= 4 is 21.6 Å². The first-order valence-corrected chi connectivity index (χ1v) is 9.37. The number of sulfonamides is 1. The Balaban J connectivity index is 1.84. The number of piperidine rings is 1. The van der Waals surface area contributed by atoms with Crippen LogP contribution in [-0.2, 0) is 16.6 Å². The minimum absolute atomic E-state index is 0.190. The van der Waals surface area contributed by atoms with Gasteiger partial charge < -0.3 is 5.32 Å². The summed E-state index contributed by atoms with van der Waals surface area (Å²) in [4.78, 5) is 0. The molecule has 0 bridgehead atoms. The fourth-order valence-electron chi connectivity index (χ4n) is 2.63. The van der Waals surface area contributed by atoms with Crippen LogP contribution in [-0.4, -0.2) is 37.6 Å². The number of benzene rings is 1. The zero-order valence-corrected chi connectivity index (χ0v) is 14.2. The lowest BCUT2D eigenvalue weighted by atomic mass is 10.0. The van der Waals surface area contributed by atoms with Gasteiger partial charge in [0.15, 0.2) is 0 Å². The molecule has 1 aliphatic rings. The largest absolute Gasteiger partial charge is 0.310 e. The third kappa shape index (κ3) is 4.42. The standard InChI is InChI=1S/C15H23ClN2O2S/c1-3-21(19,20)18-8-6-15(7-9-18)17-11-13-4-5-14(16)10-12(13)2/h4-5,10,15,17H,3,6-9,11H2,1-2H3. The molecule has 2 rings (SSSR count). The first-order valence-electron chi connectivity index (χ1n) is 7.38. The SMILES string of the molecule is CCS(=O)(=O)N1CCC(NCc2ccc(Cl)cc2C)CC1. The van der Waals surface area contributed by atoms with Crippen LogP contribution in [0.3, 0.4) is 0 Å². The number of aryl methyl sites for hydroxylation is 1. The van der Waals surface area contributed by atoms with E-state index in [0.29, 0.717) is 19.1 Å². The fourth-order valence-corrected chi connectivity index (χ4v) is 3.99. The van der Waals surface area contributed by atoms with Gasteiger partial charge in [-0.1, -0.05) is 17.7 Å². The van der Waals surface area contributed by atoms with E-state index in [0.717, 1.165) is 24.4 Å². The Hall–Kier alpha value is -0.620. The quantitative estimate of drug-likeness (QED) is 0.902. The third-order valence-corrected chi connectivity index (χ3v) is 6.21. The maximum atomic E-state index is 11.8. The molecule has 1 aromatic carbocycles. The maximum absolute atomic E-state index is 11.8. The van der Waals surface area contributed by atoms with Crippen molar-refractivity contribution < 1.29 is 8.42 Å². The van der Waals surface area contributed by atoms with E-state index < -0.39 is 10.0 Å². The number of nitrogens with one attached hydrogen (secondary N) is 1. The fraction of sp³-hybridized carbons (Fsp3) is 0.600. The molecule has 0 aromatic heterocycles. The highest BCUT2D eigenvalue weighted by atomic mass is 35.5. The molecule has 0 aliphatic carbocycles. The summed E-state index contributed by atoms with van der Waals surface area (Å²) in [6.07, 6.45) is 1.73. The number of nitrogens with zero attached hydrogens (tertiary/aromatic N) is 1. The van der Waals surface area contributed by atoms with Crippen LogP contribution in [0.5, 0.6) is 0 Å². The molecule has 0 amide bonds. The molecule has 0 spiro atoms. The van der Waals surface area contributed by atoms with Crippen LogP contribution in [0.15, 0.2) is 18.2 Å². The van der Waals surface area contributed by atoms with Gasteiger partial charge in [-0.15, -0.1) is 0 Å². The Morgan fingerprint density at radius 3 is 2.57 bits per heavy atom. The maximum Gasteiger partial charge on any atom is 0.213 e. The summed E-state index contributed by atoms with van der Waals surface area (Å²) in [6, 6.07) is 6.29. The molecule has 0 saturated carbocycles. The Labute approximate surface area is 132 Å². The molecule has 0 atom stereocenters. The van der Waals surface area contributed by atoms with Crippen molar-refractivity contribution in [2.45, 2.75) is 39.3 Å². The Morgan fingerprint density at radius 2 is 2.00 bits per heavy atom. The number of hydrogen-bond donors (Lipinski definition) is 1. The smallest absolute Gasteiger partial charge is 0.213 e. The topological polar surface area (TPSA) is 49.4 Å². The molecule has 1 aliphatic heterocycles. The normalized spacial score (nSPS) is 18.0. The second-order valence-corrected chi connectivity index (χ2v) is 8.22. The second kappa shape index (κ2) is 7.09. The summed E-state index contributed by atoms with van der Waals surface area (Å²) in [5.41, 5.74) is 2.42. The average Bonchev–Trinajstić information content (AvgIpc) is 2.47. The van der Waals surface area contributed by atoms with Crippen LogP contribution in [0.4, 0.5) is 0 Å². The van der Waals surface area contributed by atoms with Gasteiger partial charge >= 0.3 is 0 Å². The highest BCUT2D eigenvalue weighted by Gasteiger charge is 2.26. The minimum atomic E-state index is -3.03. The van der Waals surface area contributed by atoms with Crippen molar-refractivity contribution in [3.63, 3.8) is 0 Å². The van der Waals surface area contributed by atoms with Crippen LogP contribution in [0.25, 0.3) is 0 Å². The van der Waals surface area contributed by atoms with Gasteiger partial charge in [-0.2, -0.15) is 0 Å². The van der Waals surface area contributed by atoms with Crippen molar-refractivity contribution in [2.75, 3.05) is 18.8 Å². The van der Waals surface area contributed by atoms with Crippen LogP contribution in [0, 0.1) is 6.92 Å². The highest BCUT2D eigenvalue weighted by molar-refractivity contribution is 7.89. The van der Waals surface area contributed by atoms with E-state index in [1.807, 2.05) is 18.2 Å². The highest BCUT2D eigenvalue weighted by Crippen LogP contribution is 2.17. The van der Waals surface area contributed by atoms with Gasteiger partial charge in [0.2, 0.25) is 10.0 Å². The lowest BCUT2D eigenvalue weighted by Gasteiger charge is -2.31. The third-order valence-electron chi connectivity index (χ3n) is 4.10. The minimum Gasteiger partial charge on any atom is -0.310 e.